The van der Waals surface area contributed by atoms with Crippen LogP contribution in [-0.4, -0.2) is 89.2 Å². The van der Waals surface area contributed by atoms with E-state index in [-0.39, 0.29) is 53.8 Å². The lowest BCUT2D eigenvalue weighted by atomic mass is 9.49. The van der Waals surface area contributed by atoms with E-state index in [1.54, 1.807) is 18.2 Å². The topological polar surface area (TPSA) is 152 Å². The molecule has 12 nitrogen and oxygen atoms in total. The Morgan fingerprint density at radius 1 is 0.873 bits per heavy atom. The number of imide groups is 2. The fourth-order valence-electron chi connectivity index (χ4n) is 10.5. The summed E-state index contributed by atoms with van der Waals surface area (Å²) < 4.78 is 46.9. The summed E-state index contributed by atoms with van der Waals surface area (Å²) in [5, 5.41) is 14.5. The van der Waals surface area contributed by atoms with Crippen LogP contribution in [0.4, 0.5) is 18.9 Å². The van der Waals surface area contributed by atoms with E-state index in [1.165, 1.54) is 6.07 Å². The molecule has 1 aliphatic carbocycles. The van der Waals surface area contributed by atoms with Gasteiger partial charge in [-0.1, -0.05) is 52.7 Å². The van der Waals surface area contributed by atoms with E-state index in [2.05, 4.69) is 34.3 Å². The second-order valence-corrected chi connectivity index (χ2v) is 18.7. The number of anilines is 1. The number of nitrogens with one attached hydrogen (secondary N) is 2. The molecule has 0 spiro atoms. The molecule has 3 aliphatic heterocycles. The fraction of sp³-hybridized carbons (Fsp3) is 0.500. The van der Waals surface area contributed by atoms with Gasteiger partial charge < -0.3 is 15.0 Å². The predicted octanol–water partition coefficient (Wildman–Crippen LogP) is 7.29. The summed E-state index contributed by atoms with van der Waals surface area (Å²) in [5.74, 6) is -2.26. The zero-order valence-corrected chi connectivity index (χ0v) is 36.6. The summed E-state index contributed by atoms with van der Waals surface area (Å²) in [6, 6.07) is 17.0. The van der Waals surface area contributed by atoms with Crippen molar-refractivity contribution in [3.05, 3.63) is 94.0 Å². The molecule has 63 heavy (non-hydrogen) atoms. The molecule has 1 unspecified atom stereocenters. The van der Waals surface area contributed by atoms with Gasteiger partial charge in [-0.3, -0.25) is 39.1 Å². The monoisotopic (exact) mass is 868 g/mol. The third-order valence-corrected chi connectivity index (χ3v) is 13.5. The number of ether oxygens (including phenoxy) is 1. The van der Waals surface area contributed by atoms with E-state index in [4.69, 9.17) is 10.00 Å². The number of carbonyl (C=O) groups is 5. The van der Waals surface area contributed by atoms with Crippen molar-refractivity contribution in [2.45, 2.75) is 123 Å². The first-order valence-electron chi connectivity index (χ1n) is 21.8. The number of fused-ring (bicyclic) bond motifs is 1. The normalized spacial score (nSPS) is 24.3. The lowest BCUT2D eigenvalue weighted by Crippen LogP contribution is -2.74. The zero-order chi connectivity index (χ0) is 45.6. The largest absolute Gasteiger partial charge is 0.489 e. The smallest absolute Gasteiger partial charge is 0.417 e. The summed E-state index contributed by atoms with van der Waals surface area (Å²) in [7, 11) is 0. The molecule has 2 N–H and O–H groups in total. The van der Waals surface area contributed by atoms with Gasteiger partial charge in [-0.05, 0) is 100 Å². The molecular formula is C48H55F3N6O6. The standard InChI is InChI=1S/C48H55F3N6O6/c1-28-26-55(33-17-19-35-36(23-33)43(62)57(42(35)61)38-20-21-39(58)53-41(38)60)27-29(2)56(28)22-10-8-7-9-11-30-12-14-31(15-13-30)40(59)54-44-46(3,4)45(47(44,5)6)63-34-18-16-32(25-52)37(24-34)48(49,50)51/h12-19,23-24,28-29,38,44-45H,7-11,20-22,26-27H2,1-6H3,(H,54,59)(H,53,58,60)/t28-,29+,38?,44?,45?. The Labute approximate surface area is 366 Å². The van der Waals surface area contributed by atoms with Crippen LogP contribution in [0.5, 0.6) is 5.75 Å². The number of unbranched alkanes of at least 4 members (excludes halogenated alkanes) is 3. The Morgan fingerprint density at radius 2 is 1.52 bits per heavy atom. The van der Waals surface area contributed by atoms with E-state index in [0.717, 1.165) is 80.0 Å². The minimum absolute atomic E-state index is 0.0193. The number of piperazine rings is 1. The quantitative estimate of drug-likeness (QED) is 0.133. The molecule has 3 fully saturated rings. The number of benzene rings is 3. The third-order valence-electron chi connectivity index (χ3n) is 13.5. The highest BCUT2D eigenvalue weighted by Crippen LogP contribution is 2.56. The highest BCUT2D eigenvalue weighted by molar-refractivity contribution is 6.23. The van der Waals surface area contributed by atoms with E-state index in [9.17, 15) is 37.1 Å². The molecule has 0 aromatic heterocycles. The van der Waals surface area contributed by atoms with Crippen LogP contribution in [-0.2, 0) is 22.2 Å². The minimum Gasteiger partial charge on any atom is -0.489 e. The molecule has 3 aromatic carbocycles. The molecule has 7 rings (SSSR count). The van der Waals surface area contributed by atoms with Crippen LogP contribution in [0.15, 0.2) is 60.7 Å². The molecule has 0 bridgehead atoms. The summed E-state index contributed by atoms with van der Waals surface area (Å²) in [6.45, 7) is 14.6. The number of halogens is 3. The molecule has 0 radical (unpaired) electrons. The maximum absolute atomic E-state index is 13.6. The summed E-state index contributed by atoms with van der Waals surface area (Å²) in [6.07, 6.45) is 0.103. The van der Waals surface area contributed by atoms with Gasteiger partial charge in [0.15, 0.2) is 0 Å². The number of piperidine rings is 1. The Morgan fingerprint density at radius 3 is 2.16 bits per heavy atom. The van der Waals surface area contributed by atoms with Crippen LogP contribution >= 0.6 is 0 Å². The Bertz CT molecular complexity index is 2310. The molecule has 3 heterocycles. The van der Waals surface area contributed by atoms with E-state index in [0.29, 0.717) is 5.56 Å². The van der Waals surface area contributed by atoms with Crippen molar-refractivity contribution in [2.24, 2.45) is 10.8 Å². The van der Waals surface area contributed by atoms with Crippen LogP contribution in [0.3, 0.4) is 0 Å². The van der Waals surface area contributed by atoms with Crippen molar-refractivity contribution in [1.29, 1.82) is 5.26 Å². The molecule has 2 saturated heterocycles. The lowest BCUT2D eigenvalue weighted by molar-refractivity contribution is -0.164. The first-order chi connectivity index (χ1) is 29.7. The van der Waals surface area contributed by atoms with E-state index < -0.39 is 63.9 Å². The maximum Gasteiger partial charge on any atom is 0.417 e. The van der Waals surface area contributed by atoms with Crippen molar-refractivity contribution in [2.75, 3.05) is 24.5 Å². The molecule has 5 amide bonds. The van der Waals surface area contributed by atoms with Gasteiger partial charge in [-0.25, -0.2) is 0 Å². The highest BCUT2D eigenvalue weighted by Gasteiger charge is 2.64. The number of aryl methyl sites for hydroxylation is 1. The predicted molar refractivity (Wildman–Crippen MR) is 229 cm³/mol. The van der Waals surface area contributed by atoms with Gasteiger partial charge in [-0.2, -0.15) is 18.4 Å². The van der Waals surface area contributed by atoms with Crippen LogP contribution in [0.2, 0.25) is 0 Å². The summed E-state index contributed by atoms with van der Waals surface area (Å²) in [5.41, 5.74) is 0.370. The molecular weight excluding hydrogens is 814 g/mol. The van der Waals surface area contributed by atoms with Crippen LogP contribution in [0, 0.1) is 22.2 Å². The van der Waals surface area contributed by atoms with Gasteiger partial charge in [0.05, 0.1) is 28.3 Å². The lowest BCUT2D eigenvalue weighted by Gasteiger charge is -2.63. The number of alkyl halides is 3. The minimum atomic E-state index is -4.70. The fourth-order valence-corrected chi connectivity index (χ4v) is 10.5. The summed E-state index contributed by atoms with van der Waals surface area (Å²) in [4.78, 5) is 69.8. The Kier molecular flexibility index (Phi) is 12.5. The number of carbonyl (C=O) groups excluding carboxylic acids is 5. The molecule has 3 aromatic rings. The van der Waals surface area contributed by atoms with Gasteiger partial charge in [0.25, 0.3) is 17.7 Å². The third kappa shape index (κ3) is 8.92. The summed E-state index contributed by atoms with van der Waals surface area (Å²) >= 11 is 0. The average Bonchev–Trinajstić information content (AvgIpc) is 3.48. The van der Waals surface area contributed by atoms with Crippen molar-refractivity contribution < 1.29 is 41.9 Å². The second-order valence-electron chi connectivity index (χ2n) is 18.7. The second kappa shape index (κ2) is 17.4. The first-order valence-corrected chi connectivity index (χ1v) is 21.8. The van der Waals surface area contributed by atoms with Crippen LogP contribution in [0.25, 0.3) is 0 Å². The number of nitrogens with zero attached hydrogens (tertiary/aromatic N) is 4. The Hall–Kier alpha value is -5.75. The van der Waals surface area contributed by atoms with Crippen molar-refractivity contribution >= 4 is 35.2 Å². The number of rotatable bonds is 13. The van der Waals surface area contributed by atoms with Gasteiger partial charge >= 0.3 is 6.18 Å². The molecule has 3 atom stereocenters. The first kappa shape index (κ1) is 45.3. The average molecular weight is 869 g/mol. The number of nitriles is 1. The van der Waals surface area contributed by atoms with E-state index >= 15 is 0 Å². The van der Waals surface area contributed by atoms with Gasteiger partial charge in [0.2, 0.25) is 11.8 Å². The molecule has 1 saturated carbocycles. The van der Waals surface area contributed by atoms with Gasteiger partial charge in [0, 0.05) is 59.7 Å². The SMILES string of the molecule is C[C@@H]1CN(c2ccc3c(c2)C(=O)N(C2CCC(=O)NC2=O)C3=O)C[C@H](C)N1CCCCCCc1ccc(C(=O)NC2C(C)(C)C(Oc3ccc(C#N)c(C(F)(F)F)c3)C2(C)C)cc1. The van der Waals surface area contributed by atoms with Gasteiger partial charge in [-0.15, -0.1) is 0 Å². The highest BCUT2D eigenvalue weighted by atomic mass is 19.4. The van der Waals surface area contributed by atoms with E-state index in [1.807, 2.05) is 58.0 Å². The van der Waals surface area contributed by atoms with Crippen molar-refractivity contribution in [1.82, 2.24) is 20.4 Å². The maximum atomic E-state index is 13.6. The Balaban J connectivity index is 0.835. The van der Waals surface area contributed by atoms with Crippen molar-refractivity contribution in [3.8, 4) is 11.8 Å². The number of hydrogen-bond acceptors (Lipinski definition) is 9. The number of hydrogen-bond donors (Lipinski definition) is 2. The molecule has 15 heteroatoms. The number of amides is 5. The zero-order valence-electron chi connectivity index (χ0n) is 36.6. The molecule has 334 valence electrons. The van der Waals surface area contributed by atoms with Gasteiger partial charge in [0.1, 0.15) is 17.9 Å². The van der Waals surface area contributed by atoms with Crippen LogP contribution in [0.1, 0.15) is 128 Å². The van der Waals surface area contributed by atoms with Crippen molar-refractivity contribution in [3.63, 3.8) is 0 Å². The molecule has 4 aliphatic rings. The van der Waals surface area contributed by atoms with Crippen LogP contribution < -0.4 is 20.3 Å².